The zero-order valence-corrected chi connectivity index (χ0v) is 12.2. The Balaban J connectivity index is 2.62. The number of aryl methyl sites for hydroxylation is 1. The van der Waals surface area contributed by atoms with Gasteiger partial charge in [0.05, 0.1) is 0 Å². The van der Waals surface area contributed by atoms with Crippen molar-refractivity contribution >= 4 is 5.57 Å². The van der Waals surface area contributed by atoms with Gasteiger partial charge in [0.1, 0.15) is 0 Å². The molecular weight excluding hydrogens is 244 g/mol. The van der Waals surface area contributed by atoms with Gasteiger partial charge in [-0.1, -0.05) is 32.1 Å². The number of allylic oxidation sites excluding steroid dienone is 1. The second-order valence-corrected chi connectivity index (χ2v) is 5.33. The molecule has 0 saturated heterocycles. The van der Waals surface area contributed by atoms with Crippen LogP contribution in [0.3, 0.4) is 0 Å². The van der Waals surface area contributed by atoms with Gasteiger partial charge in [-0.3, -0.25) is 0 Å². The predicted octanol–water partition coefficient (Wildman–Crippen LogP) is 4.31. The molecule has 106 valence electrons. The van der Waals surface area contributed by atoms with E-state index >= 15 is 0 Å². The smallest absolute Gasteiger partial charge is 0.166 e. The van der Waals surface area contributed by atoms with Gasteiger partial charge < -0.3 is 5.32 Å². The number of nitrogens with one attached hydrogen (secondary N) is 1. The lowest BCUT2D eigenvalue weighted by molar-refractivity contribution is 0.501. The molecule has 3 heteroatoms. The van der Waals surface area contributed by atoms with Crippen LogP contribution in [0.2, 0.25) is 0 Å². The highest BCUT2D eigenvalue weighted by Gasteiger charge is 2.11. The molecule has 0 aromatic heterocycles. The summed E-state index contributed by atoms with van der Waals surface area (Å²) in [7, 11) is 0. The van der Waals surface area contributed by atoms with Crippen molar-refractivity contribution in [3.63, 3.8) is 0 Å². The molecule has 1 aromatic rings. The first-order valence-electron chi connectivity index (χ1n) is 6.76. The fourth-order valence-corrected chi connectivity index (χ4v) is 1.84. The molecule has 1 rings (SSSR count). The molecule has 0 aliphatic rings. The van der Waals surface area contributed by atoms with Crippen LogP contribution >= 0.6 is 0 Å². The minimum absolute atomic E-state index is 0.340. The summed E-state index contributed by atoms with van der Waals surface area (Å²) in [6.45, 7) is 9.51. The first-order chi connectivity index (χ1) is 8.93. The van der Waals surface area contributed by atoms with Crippen LogP contribution in [0.4, 0.5) is 8.78 Å². The van der Waals surface area contributed by atoms with Crippen LogP contribution in [0.1, 0.15) is 38.3 Å². The average Bonchev–Trinajstić information content (AvgIpc) is 2.35. The van der Waals surface area contributed by atoms with Crippen molar-refractivity contribution < 1.29 is 8.78 Å². The monoisotopic (exact) mass is 267 g/mol. The summed E-state index contributed by atoms with van der Waals surface area (Å²) in [5.41, 5.74) is 1.47. The van der Waals surface area contributed by atoms with E-state index in [9.17, 15) is 8.78 Å². The Hall–Kier alpha value is -1.22. The Bertz CT molecular complexity index is 450. The molecule has 1 aromatic carbocycles. The van der Waals surface area contributed by atoms with Gasteiger partial charge >= 0.3 is 0 Å². The Morgan fingerprint density at radius 2 is 1.95 bits per heavy atom. The highest BCUT2D eigenvalue weighted by atomic mass is 19.2. The minimum Gasteiger partial charge on any atom is -0.316 e. The topological polar surface area (TPSA) is 12.0 Å². The van der Waals surface area contributed by atoms with Gasteiger partial charge in [0.25, 0.3) is 0 Å². The molecule has 0 fully saturated rings. The first-order valence-corrected chi connectivity index (χ1v) is 6.76. The van der Waals surface area contributed by atoms with Crippen molar-refractivity contribution in [3.8, 4) is 0 Å². The Morgan fingerprint density at radius 3 is 2.58 bits per heavy atom. The highest BCUT2D eigenvalue weighted by molar-refractivity contribution is 5.64. The molecular formula is C16H23F2N. The molecule has 0 aliphatic carbocycles. The Morgan fingerprint density at radius 1 is 1.26 bits per heavy atom. The van der Waals surface area contributed by atoms with Gasteiger partial charge in [-0.15, -0.1) is 0 Å². The summed E-state index contributed by atoms with van der Waals surface area (Å²) in [6, 6.07) is 3.25. The molecule has 0 radical (unpaired) electrons. The summed E-state index contributed by atoms with van der Waals surface area (Å²) >= 11 is 0. The Labute approximate surface area is 114 Å². The second-order valence-electron chi connectivity index (χ2n) is 5.33. The molecule has 1 N–H and O–H groups in total. The third-order valence-electron chi connectivity index (χ3n) is 3.02. The van der Waals surface area contributed by atoms with Crippen LogP contribution in [0.25, 0.3) is 5.57 Å². The molecule has 0 atom stereocenters. The van der Waals surface area contributed by atoms with Crippen molar-refractivity contribution in [2.75, 3.05) is 13.1 Å². The van der Waals surface area contributed by atoms with Crippen LogP contribution in [0.5, 0.6) is 0 Å². The van der Waals surface area contributed by atoms with Crippen molar-refractivity contribution in [1.29, 1.82) is 0 Å². The zero-order chi connectivity index (χ0) is 14.4. The zero-order valence-electron chi connectivity index (χ0n) is 12.2. The highest BCUT2D eigenvalue weighted by Crippen LogP contribution is 2.22. The molecule has 0 heterocycles. The average molecular weight is 267 g/mol. The summed E-state index contributed by atoms with van der Waals surface area (Å²) in [5.74, 6) is -0.874. The summed E-state index contributed by atoms with van der Waals surface area (Å²) < 4.78 is 27.2. The standard InChI is InChI=1S/C16H23F2N/c1-11(2)10-19-9-5-6-12(3)14-8-7-13(4)15(17)16(14)18/h6-8,11,19H,5,9-10H2,1-4H3/b12-6-. The summed E-state index contributed by atoms with van der Waals surface area (Å²) in [4.78, 5) is 0. The molecule has 0 aliphatic heterocycles. The maximum atomic E-state index is 13.8. The lowest BCUT2D eigenvalue weighted by atomic mass is 10.0. The largest absolute Gasteiger partial charge is 0.316 e. The van der Waals surface area contributed by atoms with Crippen molar-refractivity contribution in [2.24, 2.45) is 5.92 Å². The molecule has 1 nitrogen and oxygen atoms in total. The number of hydrogen-bond donors (Lipinski definition) is 1. The van der Waals surface area contributed by atoms with E-state index in [1.807, 2.05) is 13.0 Å². The van der Waals surface area contributed by atoms with Gasteiger partial charge in [0.2, 0.25) is 0 Å². The van der Waals surface area contributed by atoms with E-state index < -0.39 is 11.6 Å². The fraction of sp³-hybridized carbons (Fsp3) is 0.500. The van der Waals surface area contributed by atoms with Gasteiger partial charge in [-0.25, -0.2) is 8.78 Å². The number of hydrogen-bond acceptors (Lipinski definition) is 1. The minimum atomic E-state index is -0.747. The van der Waals surface area contributed by atoms with Crippen LogP contribution in [-0.2, 0) is 0 Å². The van der Waals surface area contributed by atoms with Crippen LogP contribution in [0.15, 0.2) is 18.2 Å². The van der Waals surface area contributed by atoms with E-state index in [4.69, 9.17) is 0 Å². The normalized spacial score (nSPS) is 12.3. The summed E-state index contributed by atoms with van der Waals surface area (Å²) in [5, 5.41) is 3.31. The molecule has 0 bridgehead atoms. The lowest BCUT2D eigenvalue weighted by Gasteiger charge is -2.08. The predicted molar refractivity (Wildman–Crippen MR) is 77.1 cm³/mol. The summed E-state index contributed by atoms with van der Waals surface area (Å²) in [6.07, 6.45) is 2.76. The van der Waals surface area contributed by atoms with E-state index in [1.54, 1.807) is 19.1 Å². The van der Waals surface area contributed by atoms with Gasteiger partial charge in [0.15, 0.2) is 11.6 Å². The van der Waals surface area contributed by atoms with Crippen molar-refractivity contribution in [3.05, 3.63) is 41.0 Å². The maximum absolute atomic E-state index is 13.8. The van der Waals surface area contributed by atoms with Crippen LogP contribution in [-0.4, -0.2) is 13.1 Å². The van der Waals surface area contributed by atoms with E-state index in [1.165, 1.54) is 0 Å². The second kappa shape index (κ2) is 7.39. The van der Waals surface area contributed by atoms with Crippen molar-refractivity contribution in [1.82, 2.24) is 5.32 Å². The van der Waals surface area contributed by atoms with E-state index in [-0.39, 0.29) is 0 Å². The van der Waals surface area contributed by atoms with Gasteiger partial charge in [-0.05, 0) is 50.4 Å². The lowest BCUT2D eigenvalue weighted by Crippen LogP contribution is -2.20. The molecule has 19 heavy (non-hydrogen) atoms. The van der Waals surface area contributed by atoms with E-state index in [0.717, 1.165) is 25.1 Å². The van der Waals surface area contributed by atoms with Crippen LogP contribution < -0.4 is 5.32 Å². The third-order valence-corrected chi connectivity index (χ3v) is 3.02. The fourth-order valence-electron chi connectivity index (χ4n) is 1.84. The molecule has 0 unspecified atom stereocenters. The van der Waals surface area contributed by atoms with Gasteiger partial charge in [0, 0.05) is 5.56 Å². The van der Waals surface area contributed by atoms with Gasteiger partial charge in [-0.2, -0.15) is 0 Å². The number of rotatable bonds is 6. The molecule has 0 amide bonds. The third kappa shape index (κ3) is 4.75. The Kier molecular flexibility index (Phi) is 6.16. The SMILES string of the molecule is C/C(=C/CCNCC(C)C)c1ccc(C)c(F)c1F. The van der Waals surface area contributed by atoms with Crippen LogP contribution in [0, 0.1) is 24.5 Å². The van der Waals surface area contributed by atoms with E-state index in [0.29, 0.717) is 17.0 Å². The maximum Gasteiger partial charge on any atom is 0.166 e. The number of benzene rings is 1. The van der Waals surface area contributed by atoms with E-state index in [2.05, 4.69) is 19.2 Å². The number of halogens is 2. The quantitative estimate of drug-likeness (QED) is 0.757. The van der Waals surface area contributed by atoms with Crippen molar-refractivity contribution in [2.45, 2.75) is 34.1 Å². The molecule has 0 spiro atoms. The molecule has 0 saturated carbocycles. The first kappa shape index (κ1) is 15.8.